The molecular weight excluding hydrogens is 304 g/mol. The van der Waals surface area contributed by atoms with Gasteiger partial charge in [-0.3, -0.25) is 4.79 Å². The number of hydrogen-bond donors (Lipinski definition) is 1. The first-order chi connectivity index (χ1) is 11.5. The predicted octanol–water partition coefficient (Wildman–Crippen LogP) is 3.80. The smallest absolute Gasteiger partial charge is 0.305 e. The van der Waals surface area contributed by atoms with E-state index in [-0.39, 0.29) is 6.42 Å². The van der Waals surface area contributed by atoms with Crippen molar-refractivity contribution in [2.45, 2.75) is 26.8 Å². The van der Waals surface area contributed by atoms with E-state index < -0.39 is 5.97 Å². The third kappa shape index (κ3) is 2.85. The number of imidazole rings is 1. The van der Waals surface area contributed by atoms with Crippen LogP contribution < -0.4 is 4.74 Å². The summed E-state index contributed by atoms with van der Waals surface area (Å²) in [4.78, 5) is 15.8. The highest BCUT2D eigenvalue weighted by Gasteiger charge is 2.17. The van der Waals surface area contributed by atoms with Crippen LogP contribution in [0.1, 0.15) is 17.5 Å². The molecule has 0 aliphatic carbocycles. The first kappa shape index (κ1) is 16.1. The Labute approximate surface area is 140 Å². The zero-order valence-electron chi connectivity index (χ0n) is 14.0. The summed E-state index contributed by atoms with van der Waals surface area (Å²) in [6, 6.07) is 11.8. The zero-order valence-corrected chi connectivity index (χ0v) is 14.0. The Balaban J connectivity index is 2.25. The summed E-state index contributed by atoms with van der Waals surface area (Å²) in [5.41, 5.74) is 4.99. The molecule has 0 atom stereocenters. The van der Waals surface area contributed by atoms with Gasteiger partial charge in [0, 0.05) is 6.54 Å². The number of aliphatic carboxylic acids is 1. The van der Waals surface area contributed by atoms with Crippen molar-refractivity contribution < 1.29 is 14.6 Å². The van der Waals surface area contributed by atoms with E-state index in [4.69, 9.17) is 14.8 Å². The minimum absolute atomic E-state index is 0.0422. The topological polar surface area (TPSA) is 64.4 Å². The van der Waals surface area contributed by atoms with Crippen molar-refractivity contribution in [1.82, 2.24) is 9.55 Å². The number of fused-ring (bicyclic) bond motifs is 1. The fourth-order valence-electron chi connectivity index (χ4n) is 2.85. The number of hydrogen-bond acceptors (Lipinski definition) is 3. The number of rotatable bonds is 5. The summed E-state index contributed by atoms with van der Waals surface area (Å²) in [6.07, 6.45) is 0.0422. The molecule has 0 amide bonds. The van der Waals surface area contributed by atoms with Crippen molar-refractivity contribution in [2.24, 2.45) is 0 Å². The number of aromatic nitrogens is 2. The van der Waals surface area contributed by atoms with Crippen molar-refractivity contribution in [1.29, 1.82) is 0 Å². The molecule has 0 saturated heterocycles. The van der Waals surface area contributed by atoms with Crippen molar-refractivity contribution in [2.75, 3.05) is 7.11 Å². The summed E-state index contributed by atoms with van der Waals surface area (Å²) in [5, 5.41) is 9.09. The van der Waals surface area contributed by atoms with E-state index in [9.17, 15) is 4.79 Å². The van der Waals surface area contributed by atoms with Gasteiger partial charge in [-0.2, -0.15) is 0 Å². The normalized spacial score (nSPS) is 11.0. The van der Waals surface area contributed by atoms with Crippen LogP contribution in [0.5, 0.6) is 5.75 Å². The summed E-state index contributed by atoms with van der Waals surface area (Å²) < 4.78 is 7.42. The number of carbonyl (C=O) groups is 1. The third-order valence-electron chi connectivity index (χ3n) is 4.26. The van der Waals surface area contributed by atoms with Gasteiger partial charge in [0.1, 0.15) is 11.6 Å². The third-order valence-corrected chi connectivity index (χ3v) is 4.26. The number of nitrogens with zero attached hydrogens (tertiary/aromatic N) is 2. The number of methoxy groups -OCH3 is 1. The SMILES string of the molecule is COc1ccccc1-c1nc2cc(C)c(C)cc2n1CCC(=O)O. The molecule has 0 radical (unpaired) electrons. The fraction of sp³-hybridized carbons (Fsp3) is 0.263. The van der Waals surface area contributed by atoms with Crippen molar-refractivity contribution >= 4 is 17.0 Å². The molecule has 0 fully saturated rings. The van der Waals surface area contributed by atoms with Gasteiger partial charge in [0.25, 0.3) is 0 Å². The lowest BCUT2D eigenvalue weighted by Crippen LogP contribution is -2.06. The standard InChI is InChI=1S/C19H20N2O3/c1-12-10-15-16(11-13(12)2)21(9-8-18(22)23)19(20-15)14-6-4-5-7-17(14)24-3/h4-7,10-11H,8-9H2,1-3H3,(H,22,23). The number of carboxylic acids is 1. The minimum atomic E-state index is -0.827. The molecule has 0 aliphatic heterocycles. The molecule has 124 valence electrons. The molecular formula is C19H20N2O3. The van der Waals surface area contributed by atoms with Crippen LogP contribution in [0.2, 0.25) is 0 Å². The molecule has 2 aromatic carbocycles. The fourth-order valence-corrected chi connectivity index (χ4v) is 2.85. The maximum Gasteiger partial charge on any atom is 0.305 e. The Kier molecular flexibility index (Phi) is 4.25. The average molecular weight is 324 g/mol. The van der Waals surface area contributed by atoms with E-state index in [1.54, 1.807) is 7.11 Å². The largest absolute Gasteiger partial charge is 0.496 e. The number of aryl methyl sites for hydroxylation is 3. The van der Waals surface area contributed by atoms with E-state index >= 15 is 0 Å². The number of carboxylic acid groups (broad SMARTS) is 1. The minimum Gasteiger partial charge on any atom is -0.496 e. The van der Waals surface area contributed by atoms with Crippen LogP contribution in [-0.2, 0) is 11.3 Å². The molecule has 0 saturated carbocycles. The maximum absolute atomic E-state index is 11.1. The second-order valence-electron chi connectivity index (χ2n) is 5.86. The van der Waals surface area contributed by atoms with Crippen LogP contribution in [0, 0.1) is 13.8 Å². The Morgan fingerprint density at radius 3 is 2.62 bits per heavy atom. The summed E-state index contributed by atoms with van der Waals surface area (Å²) >= 11 is 0. The Morgan fingerprint density at radius 2 is 1.92 bits per heavy atom. The molecule has 1 N–H and O–H groups in total. The predicted molar refractivity (Wildman–Crippen MR) is 93.4 cm³/mol. The van der Waals surface area contributed by atoms with Crippen LogP contribution in [0.3, 0.4) is 0 Å². The average Bonchev–Trinajstić information content (AvgIpc) is 2.90. The Hall–Kier alpha value is -2.82. The van der Waals surface area contributed by atoms with Gasteiger partial charge in [0.15, 0.2) is 0 Å². The van der Waals surface area contributed by atoms with Crippen LogP contribution in [-0.4, -0.2) is 27.7 Å². The molecule has 3 aromatic rings. The van der Waals surface area contributed by atoms with Gasteiger partial charge < -0.3 is 14.4 Å². The van der Waals surface area contributed by atoms with Gasteiger partial charge in [0.05, 0.1) is 30.1 Å². The molecule has 0 bridgehead atoms. The lowest BCUT2D eigenvalue weighted by molar-refractivity contribution is -0.137. The Bertz CT molecular complexity index is 912. The molecule has 5 heteroatoms. The second kappa shape index (κ2) is 6.35. The van der Waals surface area contributed by atoms with Crippen molar-refractivity contribution in [3.63, 3.8) is 0 Å². The van der Waals surface area contributed by atoms with E-state index in [0.29, 0.717) is 6.54 Å². The monoisotopic (exact) mass is 324 g/mol. The number of ether oxygens (including phenoxy) is 1. The molecule has 5 nitrogen and oxygen atoms in total. The first-order valence-electron chi connectivity index (χ1n) is 7.84. The molecule has 0 aliphatic rings. The van der Waals surface area contributed by atoms with Crippen molar-refractivity contribution in [3.05, 3.63) is 47.5 Å². The van der Waals surface area contributed by atoms with Crippen LogP contribution in [0.25, 0.3) is 22.4 Å². The van der Waals surface area contributed by atoms with E-state index in [0.717, 1.165) is 39.3 Å². The maximum atomic E-state index is 11.1. The summed E-state index contributed by atoms with van der Waals surface area (Å²) in [7, 11) is 1.62. The van der Waals surface area contributed by atoms with E-state index in [1.807, 2.05) is 48.7 Å². The quantitative estimate of drug-likeness (QED) is 0.775. The first-order valence-corrected chi connectivity index (χ1v) is 7.84. The van der Waals surface area contributed by atoms with Crippen LogP contribution >= 0.6 is 0 Å². The Morgan fingerprint density at radius 1 is 1.21 bits per heavy atom. The second-order valence-corrected chi connectivity index (χ2v) is 5.86. The highest BCUT2D eigenvalue weighted by Crippen LogP contribution is 2.32. The van der Waals surface area contributed by atoms with Gasteiger partial charge in [-0.25, -0.2) is 4.98 Å². The lowest BCUT2D eigenvalue weighted by Gasteiger charge is -2.11. The lowest BCUT2D eigenvalue weighted by atomic mass is 10.1. The number of benzene rings is 2. The summed E-state index contributed by atoms with van der Waals surface area (Å²) in [6.45, 7) is 4.46. The van der Waals surface area contributed by atoms with Gasteiger partial charge in [-0.1, -0.05) is 12.1 Å². The van der Waals surface area contributed by atoms with E-state index in [1.165, 1.54) is 0 Å². The zero-order chi connectivity index (χ0) is 17.3. The molecule has 3 rings (SSSR count). The molecule has 0 unspecified atom stereocenters. The highest BCUT2D eigenvalue weighted by molar-refractivity contribution is 5.83. The van der Waals surface area contributed by atoms with Crippen LogP contribution in [0.4, 0.5) is 0 Å². The van der Waals surface area contributed by atoms with Gasteiger partial charge in [-0.15, -0.1) is 0 Å². The van der Waals surface area contributed by atoms with Gasteiger partial charge in [-0.05, 0) is 49.2 Å². The van der Waals surface area contributed by atoms with Gasteiger partial charge in [0.2, 0.25) is 0 Å². The molecule has 0 spiro atoms. The molecule has 1 aromatic heterocycles. The number of para-hydroxylation sites is 1. The summed E-state index contributed by atoms with van der Waals surface area (Å²) in [5.74, 6) is 0.623. The van der Waals surface area contributed by atoms with Crippen LogP contribution in [0.15, 0.2) is 36.4 Å². The van der Waals surface area contributed by atoms with E-state index in [2.05, 4.69) is 6.07 Å². The molecule has 1 heterocycles. The highest BCUT2D eigenvalue weighted by atomic mass is 16.5. The van der Waals surface area contributed by atoms with Crippen molar-refractivity contribution in [3.8, 4) is 17.1 Å². The molecule has 24 heavy (non-hydrogen) atoms. The van der Waals surface area contributed by atoms with Gasteiger partial charge >= 0.3 is 5.97 Å².